The van der Waals surface area contributed by atoms with E-state index in [1.807, 2.05) is 18.2 Å². The van der Waals surface area contributed by atoms with Gasteiger partial charge in [0.15, 0.2) is 0 Å². The van der Waals surface area contributed by atoms with Crippen LogP contribution in [0.1, 0.15) is 30.0 Å². The van der Waals surface area contributed by atoms with Gasteiger partial charge in [0, 0.05) is 12.6 Å². The first kappa shape index (κ1) is 15.1. The van der Waals surface area contributed by atoms with Crippen molar-refractivity contribution in [3.63, 3.8) is 0 Å². The Labute approximate surface area is 132 Å². The van der Waals surface area contributed by atoms with Gasteiger partial charge in [-0.3, -0.25) is 4.90 Å². The summed E-state index contributed by atoms with van der Waals surface area (Å²) in [6.07, 6.45) is 2.57. The number of ether oxygens (including phenoxy) is 1. The van der Waals surface area contributed by atoms with Crippen molar-refractivity contribution < 1.29 is 4.74 Å². The summed E-state index contributed by atoms with van der Waals surface area (Å²) in [5, 5.41) is 0. The van der Waals surface area contributed by atoms with E-state index in [1.54, 1.807) is 0 Å². The van der Waals surface area contributed by atoms with Gasteiger partial charge in [0.25, 0.3) is 0 Å². The van der Waals surface area contributed by atoms with Crippen molar-refractivity contribution in [2.24, 2.45) is 5.73 Å². The van der Waals surface area contributed by atoms with Crippen LogP contribution in [0.3, 0.4) is 0 Å². The molecular weight excluding hydrogens is 272 g/mol. The normalized spacial score (nSPS) is 16.6. The van der Waals surface area contributed by atoms with E-state index < -0.39 is 0 Å². The van der Waals surface area contributed by atoms with Crippen LogP contribution < -0.4 is 10.5 Å². The maximum atomic E-state index is 5.98. The topological polar surface area (TPSA) is 38.5 Å². The van der Waals surface area contributed by atoms with E-state index in [2.05, 4.69) is 41.3 Å². The largest absolute Gasteiger partial charge is 0.489 e. The fourth-order valence-electron chi connectivity index (χ4n) is 3.08. The number of nitrogens with two attached hydrogens (primary N) is 1. The standard InChI is InChI=1S/C19H24N2O/c20-14-19(21-12-4-5-13-21)17-8-10-18(11-9-17)22-15-16-6-2-1-3-7-16/h1-3,6-11,19H,4-5,12-15,20H2/t19-/m0/s1. The first-order valence-electron chi connectivity index (χ1n) is 8.07. The Morgan fingerprint density at radius 2 is 1.64 bits per heavy atom. The van der Waals surface area contributed by atoms with E-state index in [4.69, 9.17) is 10.5 Å². The SMILES string of the molecule is NC[C@@H](c1ccc(OCc2ccccc2)cc1)N1CCCC1. The lowest BCUT2D eigenvalue weighted by molar-refractivity contribution is 0.251. The second-order valence-electron chi connectivity index (χ2n) is 5.84. The second-order valence-corrected chi connectivity index (χ2v) is 5.84. The fraction of sp³-hybridized carbons (Fsp3) is 0.368. The maximum absolute atomic E-state index is 5.98. The molecular formula is C19H24N2O. The molecule has 1 heterocycles. The number of rotatable bonds is 6. The monoisotopic (exact) mass is 296 g/mol. The van der Waals surface area contributed by atoms with Gasteiger partial charge in [-0.05, 0) is 49.2 Å². The molecule has 1 aliphatic heterocycles. The molecule has 1 atom stereocenters. The molecule has 1 fully saturated rings. The first-order valence-corrected chi connectivity index (χ1v) is 8.07. The van der Waals surface area contributed by atoms with Crippen molar-refractivity contribution in [2.45, 2.75) is 25.5 Å². The van der Waals surface area contributed by atoms with Gasteiger partial charge < -0.3 is 10.5 Å². The van der Waals surface area contributed by atoms with Crippen LogP contribution in [0.25, 0.3) is 0 Å². The molecule has 3 nitrogen and oxygen atoms in total. The van der Waals surface area contributed by atoms with Crippen LogP contribution in [-0.2, 0) is 6.61 Å². The molecule has 116 valence electrons. The van der Waals surface area contributed by atoms with Crippen molar-refractivity contribution in [1.82, 2.24) is 4.90 Å². The zero-order valence-corrected chi connectivity index (χ0v) is 12.9. The number of likely N-dealkylation sites (tertiary alicyclic amines) is 1. The summed E-state index contributed by atoms with van der Waals surface area (Å²) < 4.78 is 5.84. The molecule has 22 heavy (non-hydrogen) atoms. The van der Waals surface area contributed by atoms with Gasteiger partial charge in [-0.1, -0.05) is 42.5 Å². The van der Waals surface area contributed by atoms with Gasteiger partial charge in [0.1, 0.15) is 12.4 Å². The summed E-state index contributed by atoms with van der Waals surface area (Å²) in [4.78, 5) is 2.49. The average Bonchev–Trinajstić information content (AvgIpc) is 3.10. The zero-order valence-electron chi connectivity index (χ0n) is 12.9. The number of nitrogens with zero attached hydrogens (tertiary/aromatic N) is 1. The maximum Gasteiger partial charge on any atom is 0.119 e. The van der Waals surface area contributed by atoms with Crippen LogP contribution in [0.15, 0.2) is 54.6 Å². The minimum absolute atomic E-state index is 0.339. The summed E-state index contributed by atoms with van der Waals surface area (Å²) >= 11 is 0. The zero-order chi connectivity index (χ0) is 15.2. The molecule has 0 aromatic heterocycles. The van der Waals surface area contributed by atoms with Crippen LogP contribution >= 0.6 is 0 Å². The molecule has 0 unspecified atom stereocenters. The summed E-state index contributed by atoms with van der Waals surface area (Å²) in [7, 11) is 0. The third-order valence-electron chi connectivity index (χ3n) is 4.32. The lowest BCUT2D eigenvalue weighted by Gasteiger charge is -2.26. The van der Waals surface area contributed by atoms with E-state index in [9.17, 15) is 0 Å². The van der Waals surface area contributed by atoms with Gasteiger partial charge in [-0.25, -0.2) is 0 Å². The van der Waals surface area contributed by atoms with E-state index >= 15 is 0 Å². The quantitative estimate of drug-likeness (QED) is 0.888. The summed E-state index contributed by atoms with van der Waals surface area (Å²) in [5.74, 6) is 0.907. The number of hydrogen-bond donors (Lipinski definition) is 1. The Balaban J connectivity index is 1.61. The highest BCUT2D eigenvalue weighted by Gasteiger charge is 2.21. The van der Waals surface area contributed by atoms with Gasteiger partial charge in [-0.15, -0.1) is 0 Å². The average molecular weight is 296 g/mol. The highest BCUT2D eigenvalue weighted by molar-refractivity contribution is 5.30. The third-order valence-corrected chi connectivity index (χ3v) is 4.32. The van der Waals surface area contributed by atoms with Crippen molar-refractivity contribution in [1.29, 1.82) is 0 Å². The molecule has 1 saturated heterocycles. The van der Waals surface area contributed by atoms with E-state index in [-0.39, 0.29) is 0 Å². The van der Waals surface area contributed by atoms with Gasteiger partial charge in [-0.2, -0.15) is 0 Å². The second kappa shape index (κ2) is 7.43. The summed E-state index contributed by atoms with van der Waals surface area (Å²) in [6, 6.07) is 19.0. The summed E-state index contributed by atoms with van der Waals surface area (Å²) in [5.41, 5.74) is 8.46. The molecule has 1 aliphatic rings. The van der Waals surface area contributed by atoms with Gasteiger partial charge >= 0.3 is 0 Å². The molecule has 2 aromatic rings. The molecule has 0 radical (unpaired) electrons. The van der Waals surface area contributed by atoms with E-state index in [0.717, 1.165) is 18.8 Å². The predicted molar refractivity (Wildman–Crippen MR) is 89.8 cm³/mol. The molecule has 0 amide bonds. The minimum atomic E-state index is 0.339. The Morgan fingerprint density at radius 1 is 0.955 bits per heavy atom. The Bertz CT molecular complexity index is 562. The smallest absolute Gasteiger partial charge is 0.119 e. The third kappa shape index (κ3) is 3.67. The molecule has 0 aliphatic carbocycles. The van der Waals surface area contributed by atoms with Gasteiger partial charge in [0.05, 0.1) is 0 Å². The van der Waals surface area contributed by atoms with Crippen molar-refractivity contribution in [3.8, 4) is 5.75 Å². The molecule has 2 N–H and O–H groups in total. The molecule has 0 bridgehead atoms. The van der Waals surface area contributed by atoms with Crippen LogP contribution in [0, 0.1) is 0 Å². The van der Waals surface area contributed by atoms with E-state index in [0.29, 0.717) is 19.2 Å². The molecule has 3 heteroatoms. The highest BCUT2D eigenvalue weighted by atomic mass is 16.5. The molecule has 2 aromatic carbocycles. The van der Waals surface area contributed by atoms with Crippen molar-refractivity contribution >= 4 is 0 Å². The highest BCUT2D eigenvalue weighted by Crippen LogP contribution is 2.26. The Hall–Kier alpha value is -1.84. The van der Waals surface area contributed by atoms with Crippen molar-refractivity contribution in [3.05, 3.63) is 65.7 Å². The minimum Gasteiger partial charge on any atom is -0.489 e. The number of hydrogen-bond acceptors (Lipinski definition) is 3. The first-order chi connectivity index (χ1) is 10.9. The Morgan fingerprint density at radius 3 is 2.27 bits per heavy atom. The van der Waals surface area contributed by atoms with Crippen LogP contribution in [0.2, 0.25) is 0 Å². The molecule has 0 spiro atoms. The predicted octanol–water partition coefficient (Wildman–Crippen LogP) is 3.36. The lowest BCUT2D eigenvalue weighted by Crippen LogP contribution is -2.31. The van der Waals surface area contributed by atoms with Gasteiger partial charge in [0.2, 0.25) is 0 Å². The fourth-order valence-corrected chi connectivity index (χ4v) is 3.08. The van der Waals surface area contributed by atoms with Crippen LogP contribution in [0.4, 0.5) is 0 Å². The molecule has 0 saturated carbocycles. The number of benzene rings is 2. The Kier molecular flexibility index (Phi) is 5.09. The summed E-state index contributed by atoms with van der Waals surface area (Å²) in [6.45, 7) is 3.60. The lowest BCUT2D eigenvalue weighted by atomic mass is 10.1. The van der Waals surface area contributed by atoms with Crippen molar-refractivity contribution in [2.75, 3.05) is 19.6 Å². The molecule has 3 rings (SSSR count). The van der Waals surface area contributed by atoms with E-state index in [1.165, 1.54) is 24.0 Å². The van der Waals surface area contributed by atoms with Crippen LogP contribution in [-0.4, -0.2) is 24.5 Å². The van der Waals surface area contributed by atoms with Crippen LogP contribution in [0.5, 0.6) is 5.75 Å².